The van der Waals surface area contributed by atoms with Gasteiger partial charge in [0.1, 0.15) is 11.1 Å². The maximum atomic E-state index is 13.1. The number of hydroxylamine groups is 1. The standard InChI is InChI=1S/C20H17F3N2O5S2/c21-20(22,23)12-3-1-11(2-4-12)19-24-15-6-5-13(10-17(15)31-19)32(28,29)14-7-8-30-16(9-14)18(26)25-27/h1-6,10,14,16,27H,7-9H2,(H,25,26). The number of nitrogens with one attached hydrogen (secondary N) is 1. The average molecular weight is 486 g/mol. The highest BCUT2D eigenvalue weighted by atomic mass is 32.2. The van der Waals surface area contributed by atoms with Gasteiger partial charge in [-0.3, -0.25) is 10.0 Å². The Morgan fingerprint density at radius 3 is 2.56 bits per heavy atom. The van der Waals surface area contributed by atoms with E-state index in [0.29, 0.717) is 20.8 Å². The second kappa shape index (κ2) is 8.43. The molecule has 0 aliphatic carbocycles. The third-order valence-electron chi connectivity index (χ3n) is 5.22. The molecule has 1 saturated heterocycles. The Labute approximate surface area is 184 Å². The summed E-state index contributed by atoms with van der Waals surface area (Å²) in [7, 11) is -3.79. The normalized spacial score (nSPS) is 19.8. The number of nitrogens with zero attached hydrogens (tertiary/aromatic N) is 1. The molecule has 2 atom stereocenters. The average Bonchev–Trinajstić information content (AvgIpc) is 3.21. The maximum absolute atomic E-state index is 13.1. The second-order valence-corrected chi connectivity index (χ2v) is 10.5. The predicted molar refractivity (Wildman–Crippen MR) is 110 cm³/mol. The highest BCUT2D eigenvalue weighted by Crippen LogP contribution is 2.35. The molecule has 32 heavy (non-hydrogen) atoms. The molecule has 2 heterocycles. The molecule has 1 aromatic heterocycles. The van der Waals surface area contributed by atoms with Crippen molar-refractivity contribution in [2.24, 2.45) is 0 Å². The fraction of sp³-hybridized carbons (Fsp3) is 0.300. The Bertz CT molecular complexity index is 1260. The zero-order chi connectivity index (χ0) is 23.1. The first-order chi connectivity index (χ1) is 15.1. The fourth-order valence-corrected chi connectivity index (χ4v) is 6.35. The molecular weight excluding hydrogens is 469 g/mol. The zero-order valence-electron chi connectivity index (χ0n) is 16.3. The minimum absolute atomic E-state index is 0.0580. The zero-order valence-corrected chi connectivity index (χ0v) is 17.9. The summed E-state index contributed by atoms with van der Waals surface area (Å²) in [5.74, 6) is -0.802. The van der Waals surface area contributed by atoms with Gasteiger partial charge < -0.3 is 4.74 Å². The molecule has 1 fully saturated rings. The minimum Gasteiger partial charge on any atom is -0.368 e. The van der Waals surface area contributed by atoms with Crippen LogP contribution in [0, 0.1) is 0 Å². The van der Waals surface area contributed by atoms with Gasteiger partial charge in [0.25, 0.3) is 5.91 Å². The van der Waals surface area contributed by atoms with Crippen LogP contribution in [0.25, 0.3) is 20.8 Å². The van der Waals surface area contributed by atoms with Gasteiger partial charge in [-0.25, -0.2) is 18.9 Å². The van der Waals surface area contributed by atoms with Gasteiger partial charge in [0, 0.05) is 12.2 Å². The van der Waals surface area contributed by atoms with Gasteiger partial charge in [0.2, 0.25) is 0 Å². The summed E-state index contributed by atoms with van der Waals surface area (Å²) < 4.78 is 70.4. The van der Waals surface area contributed by atoms with E-state index < -0.39 is 38.8 Å². The molecule has 0 bridgehead atoms. The topological polar surface area (TPSA) is 106 Å². The highest BCUT2D eigenvalue weighted by Gasteiger charge is 2.36. The second-order valence-electron chi connectivity index (χ2n) is 7.25. The number of aromatic nitrogens is 1. The van der Waals surface area contributed by atoms with Crippen molar-refractivity contribution in [3.05, 3.63) is 48.0 Å². The van der Waals surface area contributed by atoms with Crippen LogP contribution in [0.2, 0.25) is 0 Å². The van der Waals surface area contributed by atoms with E-state index in [1.54, 1.807) is 6.07 Å². The Hall–Kier alpha value is -2.54. The van der Waals surface area contributed by atoms with Crippen molar-refractivity contribution in [2.75, 3.05) is 6.61 Å². The number of hydrogen-bond donors (Lipinski definition) is 2. The molecule has 12 heteroatoms. The number of fused-ring (bicyclic) bond motifs is 1. The molecule has 4 rings (SSSR count). The molecule has 1 amide bonds. The fourth-order valence-electron chi connectivity index (χ4n) is 3.50. The molecule has 0 radical (unpaired) electrons. The summed E-state index contributed by atoms with van der Waals surface area (Å²) in [5, 5.41) is 8.38. The lowest BCUT2D eigenvalue weighted by atomic mass is 10.1. The lowest BCUT2D eigenvalue weighted by Gasteiger charge is -2.27. The van der Waals surface area contributed by atoms with E-state index in [9.17, 15) is 26.4 Å². The molecule has 1 aliphatic rings. The number of carbonyl (C=O) groups excluding carboxylic acids is 1. The van der Waals surface area contributed by atoms with Crippen molar-refractivity contribution < 1.29 is 36.3 Å². The summed E-state index contributed by atoms with van der Waals surface area (Å²) in [5.41, 5.74) is 1.72. The molecule has 0 saturated carbocycles. The van der Waals surface area contributed by atoms with Crippen LogP contribution in [0.5, 0.6) is 0 Å². The van der Waals surface area contributed by atoms with Crippen molar-refractivity contribution in [3.63, 3.8) is 0 Å². The number of benzene rings is 2. The number of rotatable bonds is 4. The molecule has 2 unspecified atom stereocenters. The first kappa shape index (κ1) is 22.6. The molecular formula is C20H17F3N2O5S2. The van der Waals surface area contributed by atoms with Gasteiger partial charge in [0.05, 0.1) is 25.9 Å². The predicted octanol–water partition coefficient (Wildman–Crippen LogP) is 3.81. The SMILES string of the molecule is O=C(NO)C1CC(S(=O)(=O)c2ccc3nc(-c4ccc(C(F)(F)F)cc4)sc3c2)CCO1. The quantitative estimate of drug-likeness (QED) is 0.429. The third kappa shape index (κ3) is 4.35. The van der Waals surface area contributed by atoms with E-state index in [0.717, 1.165) is 12.1 Å². The number of carbonyl (C=O) groups is 1. The monoisotopic (exact) mass is 486 g/mol. The van der Waals surface area contributed by atoms with E-state index in [4.69, 9.17) is 9.94 Å². The summed E-state index contributed by atoms with van der Waals surface area (Å²) in [4.78, 5) is 16.1. The van der Waals surface area contributed by atoms with Crippen molar-refractivity contribution in [1.82, 2.24) is 10.5 Å². The molecule has 170 valence electrons. The molecule has 7 nitrogen and oxygen atoms in total. The number of thiazole rings is 1. The van der Waals surface area contributed by atoms with Crippen LogP contribution in [0.15, 0.2) is 47.4 Å². The van der Waals surface area contributed by atoms with Crippen LogP contribution in [-0.2, 0) is 25.5 Å². The van der Waals surface area contributed by atoms with Crippen molar-refractivity contribution in [2.45, 2.75) is 35.3 Å². The van der Waals surface area contributed by atoms with E-state index >= 15 is 0 Å². The van der Waals surface area contributed by atoms with Crippen molar-refractivity contribution in [3.8, 4) is 10.6 Å². The first-order valence-corrected chi connectivity index (χ1v) is 11.8. The Balaban J connectivity index is 1.62. The Morgan fingerprint density at radius 2 is 1.91 bits per heavy atom. The van der Waals surface area contributed by atoms with Crippen molar-refractivity contribution in [1.29, 1.82) is 0 Å². The number of alkyl halides is 3. The Kier molecular flexibility index (Phi) is 5.96. The number of amides is 1. The smallest absolute Gasteiger partial charge is 0.368 e. The van der Waals surface area contributed by atoms with Gasteiger partial charge in [-0.2, -0.15) is 13.2 Å². The van der Waals surface area contributed by atoms with Gasteiger partial charge in [-0.1, -0.05) is 12.1 Å². The highest BCUT2D eigenvalue weighted by molar-refractivity contribution is 7.92. The lowest BCUT2D eigenvalue weighted by molar-refractivity contribution is -0.143. The maximum Gasteiger partial charge on any atom is 0.416 e. The van der Waals surface area contributed by atoms with Crippen LogP contribution in [0.4, 0.5) is 13.2 Å². The van der Waals surface area contributed by atoms with E-state index in [1.807, 2.05) is 0 Å². The van der Waals surface area contributed by atoms with Crippen LogP contribution in [-0.4, -0.2) is 42.5 Å². The molecule has 1 aliphatic heterocycles. The number of ether oxygens (including phenoxy) is 1. The van der Waals surface area contributed by atoms with Crippen molar-refractivity contribution >= 4 is 37.3 Å². The van der Waals surface area contributed by atoms with E-state index in [2.05, 4.69) is 4.98 Å². The van der Waals surface area contributed by atoms with Crippen LogP contribution < -0.4 is 5.48 Å². The summed E-state index contributed by atoms with van der Waals surface area (Å²) in [6.07, 6.45) is -5.38. The van der Waals surface area contributed by atoms with Crippen LogP contribution in [0.1, 0.15) is 18.4 Å². The van der Waals surface area contributed by atoms with E-state index in [1.165, 1.54) is 41.1 Å². The molecule has 0 spiro atoms. The van der Waals surface area contributed by atoms with Gasteiger partial charge in [-0.05, 0) is 43.2 Å². The number of hydrogen-bond acceptors (Lipinski definition) is 7. The minimum atomic E-state index is -4.43. The lowest BCUT2D eigenvalue weighted by Crippen LogP contribution is -2.43. The summed E-state index contributed by atoms with van der Waals surface area (Å²) in [6.45, 7) is 0.0584. The third-order valence-corrected chi connectivity index (χ3v) is 8.51. The summed E-state index contributed by atoms with van der Waals surface area (Å²) in [6, 6.07) is 9.04. The molecule has 3 aromatic rings. The van der Waals surface area contributed by atoms with Crippen LogP contribution in [0.3, 0.4) is 0 Å². The Morgan fingerprint density at radius 1 is 1.19 bits per heavy atom. The number of sulfone groups is 1. The van der Waals surface area contributed by atoms with Crippen LogP contribution >= 0.6 is 11.3 Å². The van der Waals surface area contributed by atoms with Gasteiger partial charge in [-0.15, -0.1) is 11.3 Å². The molecule has 2 N–H and O–H groups in total. The van der Waals surface area contributed by atoms with Gasteiger partial charge >= 0.3 is 6.18 Å². The first-order valence-electron chi connectivity index (χ1n) is 9.47. The number of halogens is 3. The summed E-state index contributed by atoms with van der Waals surface area (Å²) >= 11 is 1.17. The largest absolute Gasteiger partial charge is 0.416 e. The molecule has 2 aromatic carbocycles. The van der Waals surface area contributed by atoms with Gasteiger partial charge in [0.15, 0.2) is 9.84 Å². The van der Waals surface area contributed by atoms with E-state index in [-0.39, 0.29) is 24.3 Å².